The molecule has 114 valence electrons. The minimum Gasteiger partial charge on any atom is -0.346 e. The van der Waals surface area contributed by atoms with Crippen molar-refractivity contribution >= 4 is 5.82 Å². The predicted octanol–water partition coefficient (Wildman–Crippen LogP) is 2.75. The molecule has 0 bridgehead atoms. The van der Waals surface area contributed by atoms with Gasteiger partial charge in [-0.05, 0) is 19.4 Å². The first kappa shape index (κ1) is 16.7. The van der Waals surface area contributed by atoms with Crippen LogP contribution in [0, 0.1) is 0 Å². The van der Waals surface area contributed by atoms with Gasteiger partial charge in [0.05, 0.1) is 11.9 Å². The Hall–Kier alpha value is -1.37. The van der Waals surface area contributed by atoms with Crippen molar-refractivity contribution in [1.29, 1.82) is 0 Å². The lowest BCUT2D eigenvalue weighted by Crippen LogP contribution is -2.35. The second kappa shape index (κ2) is 8.04. The Morgan fingerprint density at radius 2 is 1.95 bits per heavy atom. The number of halogens is 3. The van der Waals surface area contributed by atoms with E-state index in [0.29, 0.717) is 25.2 Å². The van der Waals surface area contributed by atoms with E-state index in [4.69, 9.17) is 0 Å². The first-order valence-electron chi connectivity index (χ1n) is 6.79. The first-order chi connectivity index (χ1) is 9.46. The van der Waals surface area contributed by atoms with Crippen LogP contribution in [-0.4, -0.2) is 35.8 Å². The summed E-state index contributed by atoms with van der Waals surface area (Å²) in [6, 6.07) is 0. The molecule has 0 amide bonds. The van der Waals surface area contributed by atoms with E-state index in [1.54, 1.807) is 6.20 Å². The standard InChI is InChI=1S/C13H21F3N4/c1-3-5-17-7-11-8-18-9-12(19-11)20(6-4-2)10-13(14,15)16/h8-9,17H,3-7,10H2,1-2H3. The third-order valence-corrected chi connectivity index (χ3v) is 2.59. The van der Waals surface area contributed by atoms with Gasteiger partial charge in [-0.3, -0.25) is 4.98 Å². The molecule has 0 aliphatic carbocycles. The van der Waals surface area contributed by atoms with Gasteiger partial charge in [-0.25, -0.2) is 4.98 Å². The highest BCUT2D eigenvalue weighted by Crippen LogP contribution is 2.20. The van der Waals surface area contributed by atoms with Gasteiger partial charge in [-0.15, -0.1) is 0 Å². The highest BCUT2D eigenvalue weighted by Gasteiger charge is 2.31. The van der Waals surface area contributed by atoms with Crippen molar-refractivity contribution in [3.05, 3.63) is 18.1 Å². The van der Waals surface area contributed by atoms with E-state index >= 15 is 0 Å². The highest BCUT2D eigenvalue weighted by atomic mass is 19.4. The summed E-state index contributed by atoms with van der Waals surface area (Å²) >= 11 is 0. The summed E-state index contributed by atoms with van der Waals surface area (Å²) in [5.41, 5.74) is 0.652. The van der Waals surface area contributed by atoms with Gasteiger partial charge in [-0.2, -0.15) is 13.2 Å². The van der Waals surface area contributed by atoms with Crippen molar-refractivity contribution in [3.8, 4) is 0 Å². The van der Waals surface area contributed by atoms with Crippen molar-refractivity contribution in [2.45, 2.75) is 39.4 Å². The van der Waals surface area contributed by atoms with Crippen molar-refractivity contribution in [1.82, 2.24) is 15.3 Å². The van der Waals surface area contributed by atoms with Crippen molar-refractivity contribution < 1.29 is 13.2 Å². The first-order valence-corrected chi connectivity index (χ1v) is 6.79. The van der Waals surface area contributed by atoms with Crippen LogP contribution in [0.1, 0.15) is 32.4 Å². The Morgan fingerprint density at radius 3 is 2.55 bits per heavy atom. The number of hydrogen-bond donors (Lipinski definition) is 1. The lowest BCUT2D eigenvalue weighted by atomic mass is 10.3. The third kappa shape index (κ3) is 6.18. The second-order valence-corrected chi connectivity index (χ2v) is 4.58. The van der Waals surface area contributed by atoms with E-state index in [1.807, 2.05) is 13.8 Å². The summed E-state index contributed by atoms with van der Waals surface area (Å²) in [6.07, 6.45) is 0.321. The molecule has 0 aliphatic heterocycles. The summed E-state index contributed by atoms with van der Waals surface area (Å²) in [4.78, 5) is 9.45. The Bertz CT molecular complexity index is 395. The topological polar surface area (TPSA) is 41.1 Å². The highest BCUT2D eigenvalue weighted by molar-refractivity contribution is 5.36. The molecular formula is C13H21F3N4. The van der Waals surface area contributed by atoms with E-state index < -0.39 is 12.7 Å². The quantitative estimate of drug-likeness (QED) is 0.747. The van der Waals surface area contributed by atoms with Crippen LogP contribution in [0.25, 0.3) is 0 Å². The van der Waals surface area contributed by atoms with Gasteiger partial charge in [-0.1, -0.05) is 13.8 Å². The number of alkyl halides is 3. The number of nitrogens with one attached hydrogen (secondary N) is 1. The Balaban J connectivity index is 2.77. The Kier molecular flexibility index (Phi) is 6.70. The van der Waals surface area contributed by atoms with Gasteiger partial charge in [0.1, 0.15) is 12.4 Å². The van der Waals surface area contributed by atoms with Crippen LogP contribution in [0.2, 0.25) is 0 Å². The normalized spacial score (nSPS) is 11.7. The van der Waals surface area contributed by atoms with Crippen molar-refractivity contribution in [2.24, 2.45) is 0 Å². The monoisotopic (exact) mass is 290 g/mol. The molecule has 0 fully saturated rings. The third-order valence-electron chi connectivity index (χ3n) is 2.59. The zero-order valence-electron chi connectivity index (χ0n) is 11.9. The smallest absolute Gasteiger partial charge is 0.346 e. The van der Waals surface area contributed by atoms with Crippen LogP contribution in [0.4, 0.5) is 19.0 Å². The van der Waals surface area contributed by atoms with Gasteiger partial charge < -0.3 is 10.2 Å². The molecule has 1 N–H and O–H groups in total. The lowest BCUT2D eigenvalue weighted by Gasteiger charge is -2.24. The molecule has 0 saturated carbocycles. The Morgan fingerprint density at radius 1 is 1.20 bits per heavy atom. The maximum atomic E-state index is 12.6. The van der Waals surface area contributed by atoms with Crippen LogP contribution < -0.4 is 10.2 Å². The van der Waals surface area contributed by atoms with Gasteiger partial charge >= 0.3 is 6.18 Å². The van der Waals surface area contributed by atoms with Crippen LogP contribution >= 0.6 is 0 Å². The summed E-state index contributed by atoms with van der Waals surface area (Å²) in [5, 5.41) is 3.15. The minimum absolute atomic E-state index is 0.278. The zero-order valence-corrected chi connectivity index (χ0v) is 11.9. The molecule has 0 spiro atoms. The van der Waals surface area contributed by atoms with E-state index in [2.05, 4.69) is 15.3 Å². The molecule has 0 aromatic carbocycles. The van der Waals surface area contributed by atoms with E-state index in [1.165, 1.54) is 11.1 Å². The summed E-state index contributed by atoms with van der Waals surface area (Å²) in [6.45, 7) is 4.54. The van der Waals surface area contributed by atoms with Crippen LogP contribution in [0.5, 0.6) is 0 Å². The summed E-state index contributed by atoms with van der Waals surface area (Å²) in [5.74, 6) is 0.278. The van der Waals surface area contributed by atoms with Crippen LogP contribution in [0.3, 0.4) is 0 Å². The average Bonchev–Trinajstić information content (AvgIpc) is 2.37. The minimum atomic E-state index is -4.24. The molecule has 1 rings (SSSR count). The molecular weight excluding hydrogens is 269 g/mol. The van der Waals surface area contributed by atoms with E-state index in [0.717, 1.165) is 13.0 Å². The molecule has 20 heavy (non-hydrogen) atoms. The molecule has 0 aliphatic rings. The molecule has 0 saturated heterocycles. The maximum Gasteiger partial charge on any atom is 0.405 e. The summed E-state index contributed by atoms with van der Waals surface area (Å²) < 4.78 is 37.7. The second-order valence-electron chi connectivity index (χ2n) is 4.58. The average molecular weight is 290 g/mol. The fraction of sp³-hybridized carbons (Fsp3) is 0.692. The van der Waals surface area contributed by atoms with Gasteiger partial charge in [0, 0.05) is 19.3 Å². The van der Waals surface area contributed by atoms with Crippen LogP contribution in [-0.2, 0) is 6.54 Å². The number of anilines is 1. The molecule has 0 atom stereocenters. The molecule has 1 aromatic heterocycles. The fourth-order valence-electron chi connectivity index (χ4n) is 1.79. The predicted molar refractivity (Wildman–Crippen MR) is 72.6 cm³/mol. The number of rotatable bonds is 8. The Labute approximate surface area is 117 Å². The van der Waals surface area contributed by atoms with Crippen LogP contribution in [0.15, 0.2) is 12.4 Å². The maximum absolute atomic E-state index is 12.6. The molecule has 1 heterocycles. The molecule has 0 radical (unpaired) electrons. The van der Waals surface area contributed by atoms with E-state index in [-0.39, 0.29) is 5.82 Å². The fourth-order valence-corrected chi connectivity index (χ4v) is 1.79. The largest absolute Gasteiger partial charge is 0.405 e. The van der Waals surface area contributed by atoms with Crippen molar-refractivity contribution in [2.75, 3.05) is 24.5 Å². The zero-order chi connectivity index (χ0) is 15.0. The van der Waals surface area contributed by atoms with Gasteiger partial charge in [0.15, 0.2) is 0 Å². The number of nitrogens with zero attached hydrogens (tertiary/aromatic N) is 3. The molecule has 0 unspecified atom stereocenters. The van der Waals surface area contributed by atoms with Crippen molar-refractivity contribution in [3.63, 3.8) is 0 Å². The summed E-state index contributed by atoms with van der Waals surface area (Å²) in [7, 11) is 0. The SMILES string of the molecule is CCCNCc1cncc(N(CCC)CC(F)(F)F)n1. The van der Waals surface area contributed by atoms with E-state index in [9.17, 15) is 13.2 Å². The molecule has 4 nitrogen and oxygen atoms in total. The van der Waals surface area contributed by atoms with Gasteiger partial charge in [0.25, 0.3) is 0 Å². The van der Waals surface area contributed by atoms with Gasteiger partial charge in [0.2, 0.25) is 0 Å². The number of aromatic nitrogens is 2. The lowest BCUT2D eigenvalue weighted by molar-refractivity contribution is -0.119. The molecule has 1 aromatic rings. The number of hydrogen-bond acceptors (Lipinski definition) is 4. The molecule has 7 heteroatoms.